The number of alkyl halides is 1. The molecule has 0 radical (unpaired) electrons. The number of ether oxygens (including phenoxy) is 2. The summed E-state index contributed by atoms with van der Waals surface area (Å²) in [5.41, 5.74) is 6.78. The fourth-order valence-electron chi connectivity index (χ4n) is 4.98. The number of nitrogens with two attached hydrogens (primary N) is 1. The van der Waals surface area contributed by atoms with Crippen molar-refractivity contribution in [2.75, 3.05) is 24.7 Å². The molecule has 0 saturated carbocycles. The summed E-state index contributed by atoms with van der Waals surface area (Å²) in [5, 5.41) is 7.63. The third-order valence-corrected chi connectivity index (χ3v) is 9.34. The Morgan fingerprint density at radius 2 is 2.00 bits per heavy atom. The van der Waals surface area contributed by atoms with Gasteiger partial charge in [0.2, 0.25) is 11.8 Å². The summed E-state index contributed by atoms with van der Waals surface area (Å²) in [6, 6.07) is 12.2. The van der Waals surface area contributed by atoms with Crippen LogP contribution in [-0.2, 0) is 30.6 Å². The molecule has 3 heterocycles. The lowest BCUT2D eigenvalue weighted by atomic mass is 10.1. The maximum atomic E-state index is 16.4. The minimum absolute atomic E-state index is 0.00859. The monoisotopic (exact) mass is 631 g/mol. The van der Waals surface area contributed by atoms with Crippen molar-refractivity contribution >= 4 is 58.1 Å². The molecular weight excluding hydrogens is 596 g/mol. The van der Waals surface area contributed by atoms with Crippen LogP contribution in [0.25, 0.3) is 21.9 Å². The summed E-state index contributed by atoms with van der Waals surface area (Å²) < 4.78 is 41.6. The van der Waals surface area contributed by atoms with E-state index >= 15 is 4.39 Å². The Hall–Kier alpha value is -3.42. The van der Waals surface area contributed by atoms with E-state index in [1.165, 1.54) is 6.33 Å². The summed E-state index contributed by atoms with van der Waals surface area (Å²) in [6.07, 6.45) is 0.413. The van der Waals surface area contributed by atoms with Gasteiger partial charge < -0.3 is 29.6 Å². The maximum Gasteiger partial charge on any atom is 0.323 e. The molecular formula is C28H35FN7O5PS. The van der Waals surface area contributed by atoms with Gasteiger partial charge in [-0.15, -0.1) is 0 Å². The Bertz CT molecular complexity index is 1680. The van der Waals surface area contributed by atoms with Crippen molar-refractivity contribution in [2.45, 2.75) is 58.3 Å². The van der Waals surface area contributed by atoms with Crippen LogP contribution in [0.5, 0.6) is 5.75 Å². The average molecular weight is 632 g/mol. The normalized spacial score (nSPS) is 22.5. The zero-order chi connectivity index (χ0) is 30.9. The van der Waals surface area contributed by atoms with Crippen LogP contribution in [0, 0.1) is 5.92 Å². The molecule has 43 heavy (non-hydrogen) atoms. The third kappa shape index (κ3) is 6.73. The Kier molecular flexibility index (Phi) is 8.87. The van der Waals surface area contributed by atoms with E-state index in [1.54, 1.807) is 38.5 Å². The minimum atomic E-state index is -3.55. The summed E-state index contributed by atoms with van der Waals surface area (Å²) in [6.45, 7) is 2.83. The van der Waals surface area contributed by atoms with Crippen molar-refractivity contribution in [3.63, 3.8) is 0 Å². The van der Waals surface area contributed by atoms with Gasteiger partial charge >= 0.3 is 12.6 Å². The van der Waals surface area contributed by atoms with E-state index in [9.17, 15) is 4.79 Å². The number of halogens is 1. The molecule has 5 atom stereocenters. The third-order valence-electron chi connectivity index (χ3n) is 6.87. The summed E-state index contributed by atoms with van der Waals surface area (Å²) in [7, 11) is 1.70. The standard InChI is InChI=1S/C28H35FN7O5PS/c1-16(2)39-26(37)18(4)35-42(43,41-21-12-8-10-19-9-6-7-11-20(19)21)38-14-28(29)13-17(3)25(40-28)36-15-32-22-23(31-5)33-27(30)34-24(22)36/h6-12,15-18,25H,13-14H2,1-5H3,(H,35,43)(H3,30,31,33,34)/t17-,18-,25+,28-,42-/m0/s1. The van der Waals surface area contributed by atoms with E-state index in [4.69, 9.17) is 36.1 Å². The fourth-order valence-corrected chi connectivity index (χ4v) is 7.39. The molecule has 0 amide bonds. The molecule has 4 N–H and O–H groups in total. The van der Waals surface area contributed by atoms with Gasteiger partial charge in [0.05, 0.1) is 12.4 Å². The number of carbonyl (C=O) groups excluding carboxylic acids is 1. The van der Waals surface area contributed by atoms with Gasteiger partial charge in [-0.1, -0.05) is 43.3 Å². The number of anilines is 2. The van der Waals surface area contributed by atoms with Crippen molar-refractivity contribution in [3.05, 3.63) is 48.8 Å². The first kappa shape index (κ1) is 31.0. The minimum Gasteiger partial charge on any atom is -0.462 e. The molecule has 2 aromatic heterocycles. The van der Waals surface area contributed by atoms with Crippen molar-refractivity contribution in [1.29, 1.82) is 0 Å². The maximum absolute atomic E-state index is 16.4. The number of nitrogens with zero attached hydrogens (tertiary/aromatic N) is 4. The van der Waals surface area contributed by atoms with Gasteiger partial charge in [0.15, 0.2) is 17.0 Å². The molecule has 12 nitrogen and oxygen atoms in total. The predicted molar refractivity (Wildman–Crippen MR) is 166 cm³/mol. The van der Waals surface area contributed by atoms with Crippen molar-refractivity contribution in [1.82, 2.24) is 24.6 Å². The second-order valence-corrected chi connectivity index (χ2v) is 13.9. The number of benzene rings is 2. The van der Waals surface area contributed by atoms with Crippen LogP contribution in [0.4, 0.5) is 16.2 Å². The second kappa shape index (κ2) is 12.3. The molecule has 1 aliphatic heterocycles. The Morgan fingerprint density at radius 1 is 1.26 bits per heavy atom. The molecule has 5 rings (SSSR count). The quantitative estimate of drug-likeness (QED) is 0.150. The Morgan fingerprint density at radius 3 is 2.74 bits per heavy atom. The van der Waals surface area contributed by atoms with E-state index in [2.05, 4.69) is 25.4 Å². The van der Waals surface area contributed by atoms with Crippen LogP contribution < -0.4 is 20.7 Å². The van der Waals surface area contributed by atoms with Gasteiger partial charge in [-0.25, -0.2) is 14.5 Å². The highest BCUT2D eigenvalue weighted by Crippen LogP contribution is 2.50. The fraction of sp³-hybridized carbons (Fsp3) is 0.429. The molecule has 1 fully saturated rings. The van der Waals surface area contributed by atoms with Crippen molar-refractivity contribution in [3.8, 4) is 5.75 Å². The number of fused-ring (bicyclic) bond motifs is 2. The largest absolute Gasteiger partial charge is 0.462 e. The van der Waals surface area contributed by atoms with Gasteiger partial charge in [-0.05, 0) is 44.0 Å². The van der Waals surface area contributed by atoms with Crippen LogP contribution in [0.15, 0.2) is 48.8 Å². The zero-order valence-electron chi connectivity index (χ0n) is 24.5. The first-order valence-corrected chi connectivity index (χ1v) is 16.5. The lowest BCUT2D eigenvalue weighted by Gasteiger charge is -2.29. The lowest BCUT2D eigenvalue weighted by molar-refractivity contribution is -0.172. The van der Waals surface area contributed by atoms with E-state index in [-0.39, 0.29) is 24.4 Å². The van der Waals surface area contributed by atoms with Crippen LogP contribution in [0.3, 0.4) is 0 Å². The summed E-state index contributed by atoms with van der Waals surface area (Å²) in [5.74, 6) is -2.15. The SMILES string of the molecule is CNc1nc(N)nc2c1ncn2[C@@H]1O[C@](F)(CO[P@@](=S)(N[C@@H](C)C(=O)OC(C)C)Oc2cccc3ccccc23)C[C@@H]1C. The van der Waals surface area contributed by atoms with Crippen LogP contribution in [0.1, 0.15) is 40.3 Å². The first-order chi connectivity index (χ1) is 20.4. The molecule has 0 bridgehead atoms. The van der Waals surface area contributed by atoms with Gasteiger partial charge in [-0.3, -0.25) is 9.36 Å². The number of nitrogens with one attached hydrogen (secondary N) is 2. The second-order valence-electron chi connectivity index (χ2n) is 10.8. The summed E-state index contributed by atoms with van der Waals surface area (Å²) in [4.78, 5) is 25.5. The predicted octanol–water partition coefficient (Wildman–Crippen LogP) is 5.07. The van der Waals surface area contributed by atoms with Gasteiger partial charge in [0.25, 0.3) is 0 Å². The average Bonchev–Trinajstić information content (AvgIpc) is 3.51. The molecule has 1 saturated heterocycles. The highest BCUT2D eigenvalue weighted by Gasteiger charge is 2.48. The number of hydrogen-bond donors (Lipinski definition) is 3. The molecule has 4 aromatic rings. The number of hydrogen-bond acceptors (Lipinski definition) is 11. The van der Waals surface area contributed by atoms with Gasteiger partial charge in [-0.2, -0.15) is 9.97 Å². The van der Waals surface area contributed by atoms with Crippen molar-refractivity contribution in [2.24, 2.45) is 5.92 Å². The molecule has 230 valence electrons. The topological polar surface area (TPSA) is 148 Å². The van der Waals surface area contributed by atoms with Gasteiger partial charge in [0, 0.05) is 24.8 Å². The number of aromatic nitrogens is 4. The highest BCUT2D eigenvalue weighted by molar-refractivity contribution is 8.09. The molecule has 0 spiro atoms. The molecule has 2 aromatic carbocycles. The van der Waals surface area contributed by atoms with Gasteiger partial charge in [0.1, 0.15) is 24.6 Å². The number of rotatable bonds is 11. The molecule has 15 heteroatoms. The van der Waals surface area contributed by atoms with Crippen LogP contribution >= 0.6 is 6.64 Å². The number of nitrogen functional groups attached to an aromatic ring is 1. The zero-order valence-corrected chi connectivity index (χ0v) is 26.2. The number of carbonyl (C=O) groups is 1. The number of esters is 1. The molecule has 0 aliphatic carbocycles. The van der Waals surface area contributed by atoms with E-state index in [0.29, 0.717) is 22.7 Å². The van der Waals surface area contributed by atoms with Crippen LogP contribution in [-0.4, -0.2) is 57.1 Å². The van der Waals surface area contributed by atoms with Crippen LogP contribution in [0.2, 0.25) is 0 Å². The lowest BCUT2D eigenvalue weighted by Crippen LogP contribution is -2.37. The molecule has 0 unspecified atom stereocenters. The van der Waals surface area contributed by atoms with Crippen molar-refractivity contribution < 1.29 is 27.7 Å². The first-order valence-electron chi connectivity index (χ1n) is 13.8. The Balaban J connectivity index is 1.39. The smallest absolute Gasteiger partial charge is 0.323 e. The van der Waals surface area contributed by atoms with E-state index in [0.717, 1.165) is 10.8 Å². The molecule has 1 aliphatic rings. The summed E-state index contributed by atoms with van der Waals surface area (Å²) >= 11 is 5.86. The van der Waals surface area contributed by atoms with E-state index < -0.39 is 37.3 Å². The number of imidazole rings is 1. The highest BCUT2D eigenvalue weighted by atomic mass is 32.5. The Labute approximate surface area is 253 Å². The van der Waals surface area contributed by atoms with E-state index in [1.807, 2.05) is 43.3 Å².